The highest BCUT2D eigenvalue weighted by molar-refractivity contribution is 5.91. The van der Waals surface area contributed by atoms with Crippen molar-refractivity contribution in [2.75, 3.05) is 21.3 Å². The maximum Gasteiger partial charge on any atom is 0.246 e. The number of methoxy groups -OCH3 is 2. The Balaban J connectivity index is 2.02. The van der Waals surface area contributed by atoms with Crippen molar-refractivity contribution in [3.05, 3.63) is 65.7 Å². The lowest BCUT2D eigenvalue weighted by atomic mass is 10.2. The van der Waals surface area contributed by atoms with E-state index in [1.54, 1.807) is 32.2 Å². The second-order valence-electron chi connectivity index (χ2n) is 5.13. The van der Waals surface area contributed by atoms with Gasteiger partial charge in [0.05, 0.1) is 14.2 Å². The van der Waals surface area contributed by atoms with Gasteiger partial charge in [-0.15, -0.1) is 0 Å². The monoisotopic (exact) mass is 311 g/mol. The predicted octanol–water partition coefficient (Wildman–Crippen LogP) is 3.38. The molecular weight excluding hydrogens is 290 g/mol. The molecule has 0 N–H and O–H groups in total. The van der Waals surface area contributed by atoms with Crippen LogP contribution in [0.25, 0.3) is 6.08 Å². The number of carbonyl (C=O) groups is 1. The van der Waals surface area contributed by atoms with E-state index in [0.717, 1.165) is 11.1 Å². The molecule has 0 aliphatic rings. The van der Waals surface area contributed by atoms with Gasteiger partial charge < -0.3 is 14.4 Å². The van der Waals surface area contributed by atoms with Crippen molar-refractivity contribution in [3.63, 3.8) is 0 Å². The molecular formula is C19H21NO3. The Kier molecular flexibility index (Phi) is 5.80. The minimum absolute atomic E-state index is 0.0522. The average molecular weight is 311 g/mol. The summed E-state index contributed by atoms with van der Waals surface area (Å²) in [6.45, 7) is 0.498. The maximum atomic E-state index is 12.2. The van der Waals surface area contributed by atoms with Crippen LogP contribution in [0.15, 0.2) is 54.6 Å². The topological polar surface area (TPSA) is 38.8 Å². The van der Waals surface area contributed by atoms with Crippen molar-refractivity contribution in [1.29, 1.82) is 0 Å². The first-order chi connectivity index (χ1) is 11.1. The van der Waals surface area contributed by atoms with Gasteiger partial charge in [-0.3, -0.25) is 4.79 Å². The highest BCUT2D eigenvalue weighted by Crippen LogP contribution is 2.27. The zero-order valence-electron chi connectivity index (χ0n) is 13.7. The number of rotatable bonds is 6. The molecule has 0 aliphatic carbocycles. The third-order valence-electron chi connectivity index (χ3n) is 3.46. The van der Waals surface area contributed by atoms with Gasteiger partial charge in [0.25, 0.3) is 0 Å². The Labute approximate surface area is 137 Å². The molecule has 0 heterocycles. The van der Waals surface area contributed by atoms with Crippen LogP contribution in [0.5, 0.6) is 11.5 Å². The molecule has 0 spiro atoms. The van der Waals surface area contributed by atoms with E-state index in [4.69, 9.17) is 9.47 Å². The van der Waals surface area contributed by atoms with Crippen LogP contribution >= 0.6 is 0 Å². The Morgan fingerprint density at radius 2 is 1.74 bits per heavy atom. The fourth-order valence-electron chi connectivity index (χ4n) is 2.19. The zero-order chi connectivity index (χ0) is 16.7. The molecule has 2 aromatic rings. The van der Waals surface area contributed by atoms with Crippen LogP contribution < -0.4 is 9.47 Å². The van der Waals surface area contributed by atoms with Crippen molar-refractivity contribution < 1.29 is 14.3 Å². The number of likely N-dealkylation sites (N-methyl/N-ethyl adjacent to an activating group) is 1. The number of hydrogen-bond acceptors (Lipinski definition) is 3. The van der Waals surface area contributed by atoms with Crippen LogP contribution in [0, 0.1) is 0 Å². The lowest BCUT2D eigenvalue weighted by molar-refractivity contribution is -0.125. The molecule has 0 aliphatic heterocycles. The van der Waals surface area contributed by atoms with E-state index < -0.39 is 0 Å². The van der Waals surface area contributed by atoms with Crippen molar-refractivity contribution in [3.8, 4) is 11.5 Å². The summed E-state index contributed by atoms with van der Waals surface area (Å²) in [6, 6.07) is 15.4. The van der Waals surface area contributed by atoms with Gasteiger partial charge >= 0.3 is 0 Å². The summed E-state index contributed by atoms with van der Waals surface area (Å²) in [5, 5.41) is 0. The summed E-state index contributed by atoms with van der Waals surface area (Å²) < 4.78 is 10.5. The molecule has 0 radical (unpaired) electrons. The molecule has 4 nitrogen and oxygen atoms in total. The third-order valence-corrected chi connectivity index (χ3v) is 3.46. The molecule has 1 amide bonds. The van der Waals surface area contributed by atoms with Crippen LogP contribution in [0.2, 0.25) is 0 Å². The third kappa shape index (κ3) is 4.61. The van der Waals surface area contributed by atoms with Gasteiger partial charge in [0.15, 0.2) is 11.5 Å². The van der Waals surface area contributed by atoms with Gasteiger partial charge in [0, 0.05) is 19.7 Å². The zero-order valence-corrected chi connectivity index (χ0v) is 13.7. The fourth-order valence-corrected chi connectivity index (χ4v) is 2.19. The molecule has 0 aromatic heterocycles. The molecule has 0 bridgehead atoms. The molecule has 2 rings (SSSR count). The predicted molar refractivity (Wildman–Crippen MR) is 91.5 cm³/mol. The van der Waals surface area contributed by atoms with Gasteiger partial charge in [0.1, 0.15) is 0 Å². The van der Waals surface area contributed by atoms with E-state index in [1.807, 2.05) is 54.6 Å². The summed E-state index contributed by atoms with van der Waals surface area (Å²) in [5.41, 5.74) is 1.98. The molecule has 0 saturated heterocycles. The van der Waals surface area contributed by atoms with Crippen LogP contribution in [0.4, 0.5) is 0 Å². The number of nitrogens with zero attached hydrogens (tertiary/aromatic N) is 1. The van der Waals surface area contributed by atoms with E-state index in [2.05, 4.69) is 0 Å². The number of hydrogen-bond donors (Lipinski definition) is 0. The van der Waals surface area contributed by atoms with Gasteiger partial charge in [-0.05, 0) is 29.3 Å². The van der Waals surface area contributed by atoms with Crippen molar-refractivity contribution in [1.82, 2.24) is 4.90 Å². The molecule has 0 atom stereocenters. The minimum Gasteiger partial charge on any atom is -0.493 e. The van der Waals surface area contributed by atoms with Crippen molar-refractivity contribution in [2.45, 2.75) is 6.54 Å². The maximum absolute atomic E-state index is 12.2. The Hall–Kier alpha value is -2.75. The largest absolute Gasteiger partial charge is 0.493 e. The Morgan fingerprint density at radius 1 is 1.04 bits per heavy atom. The molecule has 4 heteroatoms. The lowest BCUT2D eigenvalue weighted by Crippen LogP contribution is -2.24. The Bertz CT molecular complexity index is 680. The van der Waals surface area contributed by atoms with Crippen LogP contribution in [0.1, 0.15) is 11.1 Å². The van der Waals surface area contributed by atoms with Crippen LogP contribution in [-0.2, 0) is 11.3 Å². The smallest absolute Gasteiger partial charge is 0.246 e. The van der Waals surface area contributed by atoms with E-state index in [9.17, 15) is 4.79 Å². The first-order valence-electron chi connectivity index (χ1n) is 7.33. The summed E-state index contributed by atoms with van der Waals surface area (Å²) in [5.74, 6) is 1.28. The molecule has 23 heavy (non-hydrogen) atoms. The standard InChI is InChI=1S/C19H21NO3/c1-20(19(21)12-10-15-7-5-4-6-8-15)14-16-9-11-17(22-2)18(13-16)23-3/h4-13H,14H2,1-3H3/b12-10+. The first-order valence-corrected chi connectivity index (χ1v) is 7.33. The number of amides is 1. The fraction of sp³-hybridized carbons (Fsp3) is 0.211. The average Bonchev–Trinajstić information content (AvgIpc) is 2.60. The van der Waals surface area contributed by atoms with Crippen LogP contribution in [0.3, 0.4) is 0 Å². The second-order valence-corrected chi connectivity index (χ2v) is 5.13. The summed E-state index contributed by atoms with van der Waals surface area (Å²) in [7, 11) is 4.97. The van der Waals surface area contributed by atoms with E-state index in [0.29, 0.717) is 18.0 Å². The molecule has 120 valence electrons. The van der Waals surface area contributed by atoms with Gasteiger partial charge in [-0.1, -0.05) is 36.4 Å². The Morgan fingerprint density at radius 3 is 2.39 bits per heavy atom. The SMILES string of the molecule is COc1ccc(CN(C)C(=O)/C=C/c2ccccc2)cc1OC. The van der Waals surface area contributed by atoms with Crippen molar-refractivity contribution in [2.24, 2.45) is 0 Å². The highest BCUT2D eigenvalue weighted by atomic mass is 16.5. The van der Waals surface area contributed by atoms with E-state index in [-0.39, 0.29) is 5.91 Å². The highest BCUT2D eigenvalue weighted by Gasteiger charge is 2.09. The molecule has 0 fully saturated rings. The summed E-state index contributed by atoms with van der Waals surface area (Å²) >= 11 is 0. The van der Waals surface area contributed by atoms with Gasteiger partial charge in [-0.2, -0.15) is 0 Å². The van der Waals surface area contributed by atoms with Crippen LogP contribution in [-0.4, -0.2) is 32.1 Å². The van der Waals surface area contributed by atoms with Gasteiger partial charge in [-0.25, -0.2) is 0 Å². The summed E-state index contributed by atoms with van der Waals surface area (Å²) in [6.07, 6.45) is 3.39. The number of benzene rings is 2. The molecule has 0 unspecified atom stereocenters. The second kappa shape index (κ2) is 8.03. The normalized spacial score (nSPS) is 10.6. The lowest BCUT2D eigenvalue weighted by Gasteiger charge is -2.16. The number of carbonyl (C=O) groups excluding carboxylic acids is 1. The molecule has 0 saturated carbocycles. The van der Waals surface area contributed by atoms with E-state index in [1.165, 1.54) is 0 Å². The molecule has 2 aromatic carbocycles. The van der Waals surface area contributed by atoms with E-state index >= 15 is 0 Å². The van der Waals surface area contributed by atoms with Gasteiger partial charge in [0.2, 0.25) is 5.91 Å². The summed E-state index contributed by atoms with van der Waals surface area (Å²) in [4.78, 5) is 13.8. The quantitative estimate of drug-likeness (QED) is 0.768. The number of ether oxygens (including phenoxy) is 2. The minimum atomic E-state index is -0.0522. The first kappa shape index (κ1) is 16.6. The van der Waals surface area contributed by atoms with Crippen molar-refractivity contribution >= 4 is 12.0 Å².